The quantitative estimate of drug-likeness (QED) is 0.638. The third kappa shape index (κ3) is 5.54. The first-order valence-electron chi connectivity index (χ1n) is 12.9. The number of piperazine rings is 1. The molecule has 0 unspecified atom stereocenters. The van der Waals surface area contributed by atoms with Crippen molar-refractivity contribution in [2.45, 2.75) is 52.3 Å². The summed E-state index contributed by atoms with van der Waals surface area (Å²) in [6.45, 7) is 12.8. The van der Waals surface area contributed by atoms with Gasteiger partial charge >= 0.3 is 0 Å². The maximum absolute atomic E-state index is 13.7. The summed E-state index contributed by atoms with van der Waals surface area (Å²) < 4.78 is 5.78. The van der Waals surface area contributed by atoms with Crippen LogP contribution in [0.15, 0.2) is 24.3 Å². The Balaban J connectivity index is 1.46. The Labute approximate surface area is 209 Å². The number of Topliss-reactive ketones (excluding diaryl/α,β-unsaturated/α-hetero) is 1. The second-order valence-electron chi connectivity index (χ2n) is 11.1. The van der Waals surface area contributed by atoms with Crippen LogP contribution >= 0.6 is 0 Å². The van der Waals surface area contributed by atoms with Crippen LogP contribution in [-0.4, -0.2) is 92.0 Å². The van der Waals surface area contributed by atoms with Crippen molar-refractivity contribution in [1.82, 2.24) is 15.1 Å². The van der Waals surface area contributed by atoms with E-state index in [4.69, 9.17) is 4.74 Å². The first-order valence-corrected chi connectivity index (χ1v) is 12.9. The molecule has 3 heterocycles. The van der Waals surface area contributed by atoms with Gasteiger partial charge in [-0.2, -0.15) is 0 Å². The molecular weight excluding hydrogens is 444 g/mol. The van der Waals surface area contributed by atoms with Crippen molar-refractivity contribution in [2.75, 3.05) is 51.3 Å². The molecule has 3 aliphatic heterocycles. The van der Waals surface area contributed by atoms with Gasteiger partial charge in [-0.15, -0.1) is 0 Å². The van der Waals surface area contributed by atoms with Gasteiger partial charge in [-0.05, 0) is 49.6 Å². The van der Waals surface area contributed by atoms with E-state index in [9.17, 15) is 14.4 Å². The maximum Gasteiger partial charge on any atom is 0.251 e. The number of hydrogen-bond acceptors (Lipinski definition) is 6. The molecule has 0 aliphatic carbocycles. The van der Waals surface area contributed by atoms with E-state index in [1.54, 1.807) is 4.90 Å². The van der Waals surface area contributed by atoms with Gasteiger partial charge in [0.05, 0.1) is 6.10 Å². The highest BCUT2D eigenvalue weighted by Gasteiger charge is 2.53. The fourth-order valence-corrected chi connectivity index (χ4v) is 5.53. The van der Waals surface area contributed by atoms with Gasteiger partial charge in [0.1, 0.15) is 18.7 Å². The van der Waals surface area contributed by atoms with E-state index in [0.29, 0.717) is 24.4 Å². The topological polar surface area (TPSA) is 82.2 Å². The monoisotopic (exact) mass is 484 g/mol. The molecule has 3 saturated heterocycles. The first-order chi connectivity index (χ1) is 16.7. The van der Waals surface area contributed by atoms with E-state index < -0.39 is 12.1 Å². The maximum atomic E-state index is 13.7. The van der Waals surface area contributed by atoms with Crippen LogP contribution in [-0.2, 0) is 14.3 Å². The molecule has 8 heteroatoms. The first kappa shape index (κ1) is 25.6. The minimum absolute atomic E-state index is 0.0411. The van der Waals surface area contributed by atoms with E-state index in [-0.39, 0.29) is 42.1 Å². The van der Waals surface area contributed by atoms with Crippen LogP contribution in [0.3, 0.4) is 0 Å². The molecule has 0 saturated carbocycles. The lowest BCUT2D eigenvalue weighted by atomic mass is 9.91. The summed E-state index contributed by atoms with van der Waals surface area (Å²) in [6, 6.07) is 6.40. The van der Waals surface area contributed by atoms with E-state index in [1.807, 2.05) is 38.1 Å². The summed E-state index contributed by atoms with van der Waals surface area (Å²) in [4.78, 5) is 45.7. The Morgan fingerprint density at radius 1 is 1.06 bits per heavy atom. The Kier molecular flexibility index (Phi) is 7.81. The van der Waals surface area contributed by atoms with Crippen molar-refractivity contribution in [1.29, 1.82) is 0 Å². The highest BCUT2D eigenvalue weighted by molar-refractivity contribution is 5.99. The SMILES string of the molecule is CC(C)C[C@H](NC(=O)c1ccc(N2CCN(C)CC2)cc1)C(=O)N1C[C@@H](C(C)C)[C@H]2OCC(=O)[C@H]21. The predicted molar refractivity (Wildman–Crippen MR) is 135 cm³/mol. The van der Waals surface area contributed by atoms with Crippen LogP contribution in [0.2, 0.25) is 0 Å². The van der Waals surface area contributed by atoms with E-state index in [1.165, 1.54) is 0 Å². The fourth-order valence-electron chi connectivity index (χ4n) is 5.53. The average Bonchev–Trinajstić information content (AvgIpc) is 3.39. The van der Waals surface area contributed by atoms with Gasteiger partial charge in [0, 0.05) is 49.9 Å². The summed E-state index contributed by atoms with van der Waals surface area (Å²) in [5, 5.41) is 2.98. The number of likely N-dealkylation sites (N-methyl/N-ethyl adjacent to an activating group) is 1. The highest BCUT2D eigenvalue weighted by atomic mass is 16.5. The lowest BCUT2D eigenvalue weighted by Crippen LogP contribution is -2.52. The molecule has 192 valence electrons. The lowest BCUT2D eigenvalue weighted by molar-refractivity contribution is -0.138. The predicted octanol–water partition coefficient (Wildman–Crippen LogP) is 2.03. The van der Waals surface area contributed by atoms with Crippen molar-refractivity contribution in [2.24, 2.45) is 17.8 Å². The smallest absolute Gasteiger partial charge is 0.251 e. The highest BCUT2D eigenvalue weighted by Crippen LogP contribution is 2.36. The Morgan fingerprint density at radius 3 is 2.31 bits per heavy atom. The summed E-state index contributed by atoms with van der Waals surface area (Å²) >= 11 is 0. The molecule has 8 nitrogen and oxygen atoms in total. The molecule has 4 atom stereocenters. The Hall–Kier alpha value is -2.45. The Morgan fingerprint density at radius 2 is 1.71 bits per heavy atom. The van der Waals surface area contributed by atoms with Crippen molar-refractivity contribution in [3.63, 3.8) is 0 Å². The second kappa shape index (κ2) is 10.7. The molecule has 0 spiro atoms. The number of nitrogens with zero attached hydrogens (tertiary/aromatic N) is 3. The average molecular weight is 485 g/mol. The number of benzene rings is 1. The van der Waals surface area contributed by atoms with Gasteiger partial charge in [0.2, 0.25) is 5.91 Å². The molecule has 3 fully saturated rings. The molecule has 1 aromatic rings. The molecular formula is C27H40N4O4. The molecule has 4 rings (SSSR count). The number of rotatable bonds is 7. The number of anilines is 1. The van der Waals surface area contributed by atoms with Crippen LogP contribution in [0.1, 0.15) is 44.5 Å². The number of fused-ring (bicyclic) bond motifs is 1. The summed E-state index contributed by atoms with van der Waals surface area (Å²) in [7, 11) is 2.13. The minimum Gasteiger partial charge on any atom is -0.369 e. The molecule has 1 aromatic carbocycles. The van der Waals surface area contributed by atoms with Crippen LogP contribution in [0.25, 0.3) is 0 Å². The van der Waals surface area contributed by atoms with Crippen molar-refractivity contribution < 1.29 is 19.1 Å². The molecule has 0 radical (unpaired) electrons. The van der Waals surface area contributed by atoms with E-state index in [0.717, 1.165) is 31.9 Å². The third-order valence-electron chi connectivity index (χ3n) is 7.67. The molecule has 35 heavy (non-hydrogen) atoms. The standard InChI is InChI=1S/C27H40N4O4/c1-17(2)14-22(27(34)31-15-21(18(3)4)25-24(31)23(32)16-35-25)28-26(33)19-6-8-20(9-7-19)30-12-10-29(5)11-13-30/h6-9,17-18,21-22,24-25H,10-16H2,1-5H3,(H,28,33)/t21-,22-,24+,25+/m0/s1. The van der Waals surface area contributed by atoms with Gasteiger partial charge in [-0.3, -0.25) is 14.4 Å². The lowest BCUT2D eigenvalue weighted by Gasteiger charge is -2.34. The van der Waals surface area contributed by atoms with Gasteiger partial charge < -0.3 is 24.8 Å². The minimum atomic E-state index is -0.681. The number of ketones is 1. The summed E-state index contributed by atoms with van der Waals surface area (Å²) in [6.07, 6.45) is 0.267. The third-order valence-corrected chi connectivity index (χ3v) is 7.67. The van der Waals surface area contributed by atoms with Gasteiger partial charge in [-0.25, -0.2) is 0 Å². The van der Waals surface area contributed by atoms with Crippen molar-refractivity contribution in [3.8, 4) is 0 Å². The van der Waals surface area contributed by atoms with Crippen LogP contribution in [0.4, 0.5) is 5.69 Å². The fraction of sp³-hybridized carbons (Fsp3) is 0.667. The Bertz CT molecular complexity index is 924. The van der Waals surface area contributed by atoms with Gasteiger partial charge in [-0.1, -0.05) is 27.7 Å². The van der Waals surface area contributed by atoms with Crippen molar-refractivity contribution in [3.05, 3.63) is 29.8 Å². The number of nitrogens with one attached hydrogen (secondary N) is 1. The van der Waals surface area contributed by atoms with E-state index >= 15 is 0 Å². The zero-order valence-corrected chi connectivity index (χ0v) is 21.7. The molecule has 0 aromatic heterocycles. The normalized spacial score (nSPS) is 25.9. The van der Waals surface area contributed by atoms with Gasteiger partial charge in [0.25, 0.3) is 5.91 Å². The number of ether oxygens (including phenoxy) is 1. The molecule has 1 N–H and O–H groups in total. The van der Waals surface area contributed by atoms with E-state index in [2.05, 4.69) is 36.0 Å². The zero-order valence-electron chi connectivity index (χ0n) is 21.7. The summed E-state index contributed by atoms with van der Waals surface area (Å²) in [5.74, 6) is 0.132. The van der Waals surface area contributed by atoms with Crippen LogP contribution in [0, 0.1) is 17.8 Å². The molecule has 2 amide bonds. The van der Waals surface area contributed by atoms with Gasteiger partial charge in [0.15, 0.2) is 5.78 Å². The second-order valence-corrected chi connectivity index (χ2v) is 11.1. The van der Waals surface area contributed by atoms with Crippen LogP contribution < -0.4 is 10.2 Å². The molecule has 3 aliphatic rings. The number of carbonyl (C=O) groups excluding carboxylic acids is 3. The number of hydrogen-bond donors (Lipinski definition) is 1. The number of amides is 2. The van der Waals surface area contributed by atoms with Crippen molar-refractivity contribution >= 4 is 23.3 Å². The largest absolute Gasteiger partial charge is 0.369 e. The number of likely N-dealkylation sites (tertiary alicyclic amines) is 1. The number of carbonyl (C=O) groups is 3. The molecule has 0 bridgehead atoms. The summed E-state index contributed by atoms with van der Waals surface area (Å²) in [5.41, 5.74) is 1.64. The zero-order chi connectivity index (χ0) is 25.3. The van der Waals surface area contributed by atoms with Crippen LogP contribution in [0.5, 0.6) is 0 Å².